The van der Waals surface area contributed by atoms with Crippen molar-refractivity contribution >= 4 is 29.8 Å². The summed E-state index contributed by atoms with van der Waals surface area (Å²) < 4.78 is 14.6. The number of hydrogen-bond acceptors (Lipinski definition) is 10. The van der Waals surface area contributed by atoms with Crippen LogP contribution in [0.4, 0.5) is 0 Å². The molecule has 0 aliphatic carbocycles. The van der Waals surface area contributed by atoms with E-state index in [0.717, 1.165) is 0 Å². The van der Waals surface area contributed by atoms with Gasteiger partial charge in [-0.3, -0.25) is 9.59 Å². The topological polar surface area (TPSA) is 156 Å². The van der Waals surface area contributed by atoms with Crippen molar-refractivity contribution in [1.29, 1.82) is 0 Å². The SMILES string of the molecule is CC(=O)Oc1ccccc1C(=O)OC(=O)c1ccccc1OC(C)=O.O=C([O-])c1ccccc1O.[Na+]. The summed E-state index contributed by atoms with van der Waals surface area (Å²) in [6.07, 6.45) is 0. The second-order valence-corrected chi connectivity index (χ2v) is 6.66. The zero-order valence-corrected chi connectivity index (χ0v) is 21.5. The molecule has 0 amide bonds. The second kappa shape index (κ2) is 14.4. The van der Waals surface area contributed by atoms with E-state index in [1.54, 1.807) is 18.2 Å². The minimum absolute atomic E-state index is 0. The molecule has 0 bridgehead atoms. The number of rotatable bonds is 5. The van der Waals surface area contributed by atoms with E-state index in [1.165, 1.54) is 68.4 Å². The van der Waals surface area contributed by atoms with Crippen LogP contribution in [0.15, 0.2) is 72.8 Å². The van der Waals surface area contributed by atoms with E-state index in [-0.39, 0.29) is 63.5 Å². The van der Waals surface area contributed by atoms with Crippen LogP contribution in [0.5, 0.6) is 17.2 Å². The first-order chi connectivity index (χ1) is 16.6. The molecular formula is C25H19NaO10. The second-order valence-electron chi connectivity index (χ2n) is 6.66. The molecule has 0 unspecified atom stereocenters. The third-order valence-corrected chi connectivity index (χ3v) is 4.03. The number of hydrogen-bond donors (Lipinski definition) is 1. The van der Waals surface area contributed by atoms with E-state index in [4.69, 9.17) is 19.3 Å². The van der Waals surface area contributed by atoms with Gasteiger partial charge in [0, 0.05) is 19.4 Å². The Hall–Kier alpha value is -3.99. The fourth-order valence-corrected chi connectivity index (χ4v) is 2.60. The van der Waals surface area contributed by atoms with Gasteiger partial charge in [-0.1, -0.05) is 36.4 Å². The van der Waals surface area contributed by atoms with Gasteiger partial charge >= 0.3 is 53.4 Å². The molecular weight excluding hydrogens is 483 g/mol. The smallest absolute Gasteiger partial charge is 0.545 e. The van der Waals surface area contributed by atoms with E-state index in [2.05, 4.69) is 0 Å². The Morgan fingerprint density at radius 2 is 1.00 bits per heavy atom. The summed E-state index contributed by atoms with van der Waals surface area (Å²) in [4.78, 5) is 56.8. The van der Waals surface area contributed by atoms with Crippen LogP contribution in [-0.4, -0.2) is 35.0 Å². The molecule has 0 aliphatic heterocycles. The van der Waals surface area contributed by atoms with Gasteiger partial charge in [0.25, 0.3) is 0 Å². The van der Waals surface area contributed by atoms with Gasteiger partial charge in [0.15, 0.2) is 0 Å². The van der Waals surface area contributed by atoms with Crippen LogP contribution >= 0.6 is 0 Å². The maximum atomic E-state index is 12.2. The number of benzene rings is 3. The van der Waals surface area contributed by atoms with E-state index in [0.29, 0.717) is 0 Å². The van der Waals surface area contributed by atoms with E-state index < -0.39 is 29.8 Å². The van der Waals surface area contributed by atoms with Gasteiger partial charge in [-0.05, 0) is 36.4 Å². The molecule has 1 N–H and O–H groups in total. The number of aromatic carboxylic acids is 1. The first kappa shape index (κ1) is 30.0. The summed E-state index contributed by atoms with van der Waals surface area (Å²) in [5, 5.41) is 19.0. The first-order valence-corrected chi connectivity index (χ1v) is 9.91. The van der Waals surface area contributed by atoms with Crippen LogP contribution in [0.3, 0.4) is 0 Å². The van der Waals surface area contributed by atoms with Crippen LogP contribution < -0.4 is 44.1 Å². The normalized spacial score (nSPS) is 9.39. The van der Waals surface area contributed by atoms with Gasteiger partial charge in [-0.2, -0.15) is 0 Å². The van der Waals surface area contributed by atoms with Gasteiger partial charge in [-0.25, -0.2) is 9.59 Å². The largest absolute Gasteiger partial charge is 1.00 e. The number of carbonyl (C=O) groups excluding carboxylic acids is 5. The van der Waals surface area contributed by atoms with Gasteiger partial charge in [0.1, 0.15) is 28.4 Å². The predicted octanol–water partition coefficient (Wildman–Crippen LogP) is -0.706. The zero-order chi connectivity index (χ0) is 26.0. The van der Waals surface area contributed by atoms with Crippen molar-refractivity contribution in [2.24, 2.45) is 0 Å². The molecule has 0 aromatic heterocycles. The Morgan fingerprint density at radius 3 is 1.33 bits per heavy atom. The van der Waals surface area contributed by atoms with Crippen molar-refractivity contribution in [3.8, 4) is 17.2 Å². The molecule has 0 atom stereocenters. The number of para-hydroxylation sites is 3. The summed E-state index contributed by atoms with van der Waals surface area (Å²) in [5.74, 6) is -4.92. The molecule has 3 rings (SSSR count). The van der Waals surface area contributed by atoms with Crippen molar-refractivity contribution in [1.82, 2.24) is 0 Å². The van der Waals surface area contributed by atoms with Gasteiger partial charge in [0.05, 0.1) is 5.97 Å². The summed E-state index contributed by atoms with van der Waals surface area (Å²) in [5.41, 5.74) is -0.352. The Kier molecular flexibility index (Phi) is 12.0. The molecule has 0 saturated carbocycles. The Balaban J connectivity index is 0.000000495. The molecule has 3 aromatic carbocycles. The molecule has 0 fully saturated rings. The fraction of sp³-hybridized carbons (Fsp3) is 0.0800. The van der Waals surface area contributed by atoms with Crippen molar-refractivity contribution < 1.29 is 78.0 Å². The standard InChI is InChI=1S/C18H14O7.C7H6O3.Na/c1-11(19)23-15-9-5-3-7-13(15)17(21)25-18(22)14-8-4-6-10-16(14)24-12(2)20;8-6-4-2-1-3-5(6)7(9)10;/h3-10H,1-2H3;1-4,8H,(H,9,10);/q;;+1/p-1. The molecule has 0 spiro atoms. The molecule has 36 heavy (non-hydrogen) atoms. The average Bonchev–Trinajstić information content (AvgIpc) is 2.79. The number of carbonyl (C=O) groups is 5. The van der Waals surface area contributed by atoms with Crippen molar-refractivity contribution in [3.63, 3.8) is 0 Å². The average molecular weight is 502 g/mol. The first-order valence-electron chi connectivity index (χ1n) is 9.91. The number of esters is 4. The number of aromatic hydroxyl groups is 1. The molecule has 0 aliphatic rings. The molecule has 0 heterocycles. The van der Waals surface area contributed by atoms with E-state index in [9.17, 15) is 29.1 Å². The maximum absolute atomic E-state index is 12.2. The summed E-state index contributed by atoms with van der Waals surface area (Å²) >= 11 is 0. The molecule has 3 aromatic rings. The van der Waals surface area contributed by atoms with Crippen LogP contribution in [0.2, 0.25) is 0 Å². The van der Waals surface area contributed by atoms with Gasteiger partial charge in [-0.15, -0.1) is 0 Å². The van der Waals surface area contributed by atoms with E-state index >= 15 is 0 Å². The summed E-state index contributed by atoms with van der Waals surface area (Å²) in [7, 11) is 0. The Bertz CT molecular complexity index is 1200. The molecule has 11 heteroatoms. The third-order valence-electron chi connectivity index (χ3n) is 4.03. The third kappa shape index (κ3) is 8.99. The molecule has 10 nitrogen and oxygen atoms in total. The molecule has 180 valence electrons. The van der Waals surface area contributed by atoms with Crippen LogP contribution in [0.1, 0.15) is 44.9 Å². The predicted molar refractivity (Wildman–Crippen MR) is 118 cm³/mol. The number of carboxylic acid groups (broad SMARTS) is 1. The molecule has 0 saturated heterocycles. The monoisotopic (exact) mass is 502 g/mol. The number of phenols is 1. The van der Waals surface area contributed by atoms with Crippen LogP contribution in [-0.2, 0) is 14.3 Å². The zero-order valence-electron chi connectivity index (χ0n) is 19.5. The van der Waals surface area contributed by atoms with Crippen LogP contribution in [0.25, 0.3) is 0 Å². The van der Waals surface area contributed by atoms with E-state index in [1.807, 2.05) is 0 Å². The summed E-state index contributed by atoms with van der Waals surface area (Å²) in [6, 6.07) is 17.3. The number of ether oxygens (including phenoxy) is 3. The summed E-state index contributed by atoms with van der Waals surface area (Å²) in [6.45, 7) is 2.37. The minimum Gasteiger partial charge on any atom is -0.545 e. The molecule has 0 radical (unpaired) electrons. The maximum Gasteiger partial charge on any atom is 1.00 e. The minimum atomic E-state index is -1.36. The Morgan fingerprint density at radius 1 is 0.639 bits per heavy atom. The fourth-order valence-electron chi connectivity index (χ4n) is 2.60. The van der Waals surface area contributed by atoms with Crippen molar-refractivity contribution in [2.75, 3.05) is 0 Å². The quantitative estimate of drug-likeness (QED) is 0.205. The van der Waals surface area contributed by atoms with Crippen molar-refractivity contribution in [3.05, 3.63) is 89.5 Å². The van der Waals surface area contributed by atoms with Gasteiger partial charge < -0.3 is 29.2 Å². The van der Waals surface area contributed by atoms with Gasteiger partial charge in [0.2, 0.25) is 0 Å². The Labute approximate surface area is 227 Å². The number of carboxylic acids is 1. The van der Waals surface area contributed by atoms with Crippen LogP contribution in [0, 0.1) is 0 Å². The van der Waals surface area contributed by atoms with Crippen molar-refractivity contribution in [2.45, 2.75) is 13.8 Å².